The molecule has 0 bridgehead atoms. The number of nitrogens with zero attached hydrogens (tertiary/aromatic N) is 7. The lowest BCUT2D eigenvalue weighted by Crippen LogP contribution is -2.25. The van der Waals surface area contributed by atoms with Gasteiger partial charge in [0.1, 0.15) is 18.0 Å². The molecule has 0 radical (unpaired) electrons. The van der Waals surface area contributed by atoms with E-state index in [9.17, 15) is 10.5 Å². The Morgan fingerprint density at radius 2 is 2.16 bits per heavy atom. The molecule has 0 aliphatic carbocycles. The molecule has 8 nitrogen and oxygen atoms in total. The minimum absolute atomic E-state index is 0.0768. The first-order valence-electron chi connectivity index (χ1n) is 10.3. The molecule has 0 amide bonds. The van der Waals surface area contributed by atoms with Gasteiger partial charge < -0.3 is 9.88 Å². The smallest absolute Gasteiger partial charge is 0.141 e. The number of benzene rings is 1. The second-order valence-electron chi connectivity index (χ2n) is 7.84. The fourth-order valence-corrected chi connectivity index (χ4v) is 4.73. The van der Waals surface area contributed by atoms with Crippen molar-refractivity contribution >= 4 is 28.3 Å². The monoisotopic (exact) mass is 442 g/mol. The molecule has 32 heavy (non-hydrogen) atoms. The van der Waals surface area contributed by atoms with Gasteiger partial charge >= 0.3 is 0 Å². The van der Waals surface area contributed by atoms with E-state index in [1.165, 1.54) is 6.33 Å². The molecule has 5 rings (SSSR count). The van der Waals surface area contributed by atoms with Gasteiger partial charge in [0.25, 0.3) is 0 Å². The van der Waals surface area contributed by atoms with E-state index in [1.807, 2.05) is 35.3 Å². The number of anilines is 1. The van der Waals surface area contributed by atoms with Crippen LogP contribution in [0.1, 0.15) is 24.4 Å². The molecule has 4 heterocycles. The van der Waals surface area contributed by atoms with Crippen molar-refractivity contribution in [2.75, 3.05) is 18.0 Å². The minimum Gasteiger partial charge on any atom is -0.370 e. The van der Waals surface area contributed by atoms with Crippen LogP contribution in [0.4, 0.5) is 5.69 Å². The lowest BCUT2D eigenvalue weighted by Gasteiger charge is -2.24. The topological polar surface area (TPSA) is 110 Å². The Morgan fingerprint density at radius 3 is 3.00 bits per heavy atom. The van der Waals surface area contributed by atoms with Crippen molar-refractivity contribution in [3.8, 4) is 23.4 Å². The number of hydrogen-bond acceptors (Lipinski definition) is 6. The maximum absolute atomic E-state index is 9.54. The van der Waals surface area contributed by atoms with Gasteiger partial charge in [-0.2, -0.15) is 15.6 Å². The van der Waals surface area contributed by atoms with Crippen LogP contribution in [0.15, 0.2) is 49.2 Å². The third-order valence-electron chi connectivity index (χ3n) is 6.08. The van der Waals surface area contributed by atoms with Gasteiger partial charge in [0.15, 0.2) is 0 Å². The molecule has 1 N–H and O–H groups in total. The molecule has 158 valence electrons. The third kappa shape index (κ3) is 3.45. The van der Waals surface area contributed by atoms with Gasteiger partial charge in [-0.1, -0.05) is 17.7 Å². The Hall–Kier alpha value is -3.88. The molecule has 0 saturated carbocycles. The highest BCUT2D eigenvalue weighted by Crippen LogP contribution is 2.36. The largest absolute Gasteiger partial charge is 0.370 e. The first-order valence-corrected chi connectivity index (χ1v) is 10.7. The van der Waals surface area contributed by atoms with E-state index in [-0.39, 0.29) is 12.0 Å². The van der Waals surface area contributed by atoms with Crippen molar-refractivity contribution in [2.45, 2.75) is 18.9 Å². The molecule has 4 aromatic rings. The number of nitrogens with one attached hydrogen (secondary N) is 1. The normalized spacial score (nSPS) is 16.7. The molecule has 3 aromatic heterocycles. The van der Waals surface area contributed by atoms with Gasteiger partial charge in [0, 0.05) is 42.4 Å². The number of H-pyrrole nitrogens is 1. The summed E-state index contributed by atoms with van der Waals surface area (Å²) in [6.07, 6.45) is 8.36. The molecule has 1 aliphatic rings. The number of aromatic nitrogens is 5. The molecule has 1 fully saturated rings. The number of aromatic amines is 1. The molecule has 1 aromatic carbocycles. The van der Waals surface area contributed by atoms with Gasteiger partial charge in [-0.05, 0) is 24.6 Å². The van der Waals surface area contributed by atoms with E-state index < -0.39 is 0 Å². The highest BCUT2D eigenvalue weighted by Gasteiger charge is 2.32. The first kappa shape index (κ1) is 20.0. The number of halogens is 1. The van der Waals surface area contributed by atoms with E-state index in [4.69, 9.17) is 11.6 Å². The number of rotatable bonds is 5. The fourth-order valence-electron chi connectivity index (χ4n) is 4.52. The van der Waals surface area contributed by atoms with Gasteiger partial charge in [0.05, 0.1) is 46.7 Å². The Balaban J connectivity index is 1.42. The summed E-state index contributed by atoms with van der Waals surface area (Å²) in [7, 11) is 0. The molecule has 1 saturated heterocycles. The number of hydrogen-bond donors (Lipinski definition) is 1. The predicted molar refractivity (Wildman–Crippen MR) is 121 cm³/mol. The predicted octanol–water partition coefficient (Wildman–Crippen LogP) is 4.33. The summed E-state index contributed by atoms with van der Waals surface area (Å²) < 4.78 is 1.89. The molecular formula is C23H19ClN8. The molecule has 0 spiro atoms. The van der Waals surface area contributed by atoms with Crippen LogP contribution in [0.2, 0.25) is 5.02 Å². The zero-order chi connectivity index (χ0) is 22.1. The summed E-state index contributed by atoms with van der Waals surface area (Å²) in [4.78, 5) is 14.0. The van der Waals surface area contributed by atoms with Crippen molar-refractivity contribution < 1.29 is 0 Å². The van der Waals surface area contributed by atoms with E-state index in [0.717, 1.165) is 47.5 Å². The summed E-state index contributed by atoms with van der Waals surface area (Å²) in [5.74, 6) is 0.214. The van der Waals surface area contributed by atoms with Crippen molar-refractivity contribution in [1.82, 2.24) is 24.7 Å². The molecule has 2 atom stereocenters. The summed E-state index contributed by atoms with van der Waals surface area (Å²) in [5.41, 5.74) is 3.81. The first-order chi connectivity index (χ1) is 15.7. The van der Waals surface area contributed by atoms with Crippen LogP contribution < -0.4 is 4.90 Å². The molecule has 1 aliphatic heterocycles. The van der Waals surface area contributed by atoms with Crippen LogP contribution in [0.3, 0.4) is 0 Å². The average molecular weight is 443 g/mol. The van der Waals surface area contributed by atoms with Crippen LogP contribution in [-0.2, 0) is 0 Å². The Kier molecular flexibility index (Phi) is 5.22. The lowest BCUT2D eigenvalue weighted by molar-refractivity contribution is 0.332. The van der Waals surface area contributed by atoms with Gasteiger partial charge in [-0.25, -0.2) is 9.97 Å². The van der Waals surface area contributed by atoms with Crippen LogP contribution in [0, 0.1) is 28.6 Å². The standard InChI is InChI=1S/C23H19ClN8/c24-19-2-1-3-21(18(19)10-26)31-9-6-15(12-31)20(4-7-25)32-13-16(11-30-32)22-17-5-8-27-23(17)29-14-28-22/h1-3,5,8,11,13-15,20H,4,6,9,12H2,(H,27,28,29)/t15-,20-/m0/s1. The van der Waals surface area contributed by atoms with Crippen molar-refractivity contribution in [3.05, 3.63) is 59.8 Å². The summed E-state index contributed by atoms with van der Waals surface area (Å²) in [6.45, 7) is 1.53. The zero-order valence-corrected chi connectivity index (χ0v) is 17.9. The van der Waals surface area contributed by atoms with Gasteiger partial charge in [0.2, 0.25) is 0 Å². The van der Waals surface area contributed by atoms with E-state index in [0.29, 0.717) is 17.0 Å². The summed E-state index contributed by atoms with van der Waals surface area (Å²) in [6, 6.07) is 11.9. The maximum Gasteiger partial charge on any atom is 0.141 e. The summed E-state index contributed by atoms with van der Waals surface area (Å²) in [5, 5.41) is 25.0. The third-order valence-corrected chi connectivity index (χ3v) is 6.40. The molecule has 0 unspecified atom stereocenters. The Bertz CT molecular complexity index is 1360. The molecular weight excluding hydrogens is 424 g/mol. The Labute approximate surface area is 189 Å². The quantitative estimate of drug-likeness (QED) is 0.492. The average Bonchev–Trinajstić information content (AvgIpc) is 3.57. The second-order valence-corrected chi connectivity index (χ2v) is 8.25. The molecule has 9 heteroatoms. The van der Waals surface area contributed by atoms with Crippen LogP contribution in [0.5, 0.6) is 0 Å². The van der Waals surface area contributed by atoms with Crippen LogP contribution in [0.25, 0.3) is 22.3 Å². The van der Waals surface area contributed by atoms with Crippen LogP contribution in [-0.4, -0.2) is 37.8 Å². The Morgan fingerprint density at radius 1 is 1.25 bits per heavy atom. The van der Waals surface area contributed by atoms with Gasteiger partial charge in [-0.3, -0.25) is 4.68 Å². The van der Waals surface area contributed by atoms with E-state index in [2.05, 4.69) is 37.1 Å². The fraction of sp³-hybridized carbons (Fsp3) is 0.261. The second kappa shape index (κ2) is 8.33. The number of nitriles is 2. The van der Waals surface area contributed by atoms with E-state index in [1.54, 1.807) is 12.3 Å². The SMILES string of the molecule is N#CC[C@@H]([C@H]1CCN(c2cccc(Cl)c2C#N)C1)n1cc(-c2ncnc3[nH]ccc23)cn1. The summed E-state index contributed by atoms with van der Waals surface area (Å²) >= 11 is 6.23. The van der Waals surface area contributed by atoms with Crippen molar-refractivity contribution in [1.29, 1.82) is 10.5 Å². The van der Waals surface area contributed by atoms with Crippen molar-refractivity contribution in [2.24, 2.45) is 5.92 Å². The van der Waals surface area contributed by atoms with Crippen LogP contribution >= 0.6 is 11.6 Å². The highest BCUT2D eigenvalue weighted by molar-refractivity contribution is 6.32. The highest BCUT2D eigenvalue weighted by atomic mass is 35.5. The van der Waals surface area contributed by atoms with E-state index >= 15 is 0 Å². The zero-order valence-electron chi connectivity index (χ0n) is 17.1. The maximum atomic E-state index is 9.54. The number of fused-ring (bicyclic) bond motifs is 1. The minimum atomic E-state index is -0.0768. The van der Waals surface area contributed by atoms with Crippen molar-refractivity contribution in [3.63, 3.8) is 0 Å². The lowest BCUT2D eigenvalue weighted by atomic mass is 9.96. The van der Waals surface area contributed by atoms with Gasteiger partial charge in [-0.15, -0.1) is 0 Å².